The first-order chi connectivity index (χ1) is 5.26. The van der Waals surface area contributed by atoms with Crippen molar-refractivity contribution in [3.05, 3.63) is 0 Å². The van der Waals surface area contributed by atoms with Crippen LogP contribution in [0.5, 0.6) is 0 Å². The SMILES string of the molecule is CCOC(C)C(COC)NN. The summed E-state index contributed by atoms with van der Waals surface area (Å²) in [6.07, 6.45) is 0.0879. The predicted octanol–water partition coefficient (Wildman–Crippen LogP) is -0.110. The average molecular weight is 162 g/mol. The third kappa shape index (κ3) is 4.31. The molecule has 0 spiro atoms. The first-order valence-electron chi connectivity index (χ1n) is 3.82. The molecule has 0 saturated carbocycles. The van der Waals surface area contributed by atoms with E-state index >= 15 is 0 Å². The predicted molar refractivity (Wildman–Crippen MR) is 44.1 cm³/mol. The Morgan fingerprint density at radius 2 is 2.18 bits per heavy atom. The van der Waals surface area contributed by atoms with E-state index < -0.39 is 0 Å². The van der Waals surface area contributed by atoms with Gasteiger partial charge in [0.05, 0.1) is 18.8 Å². The van der Waals surface area contributed by atoms with Gasteiger partial charge in [0.1, 0.15) is 0 Å². The van der Waals surface area contributed by atoms with Gasteiger partial charge in [0, 0.05) is 13.7 Å². The van der Waals surface area contributed by atoms with Crippen molar-refractivity contribution in [2.24, 2.45) is 5.84 Å². The van der Waals surface area contributed by atoms with E-state index in [0.29, 0.717) is 13.2 Å². The molecule has 4 nitrogen and oxygen atoms in total. The van der Waals surface area contributed by atoms with Crippen LogP contribution in [0.1, 0.15) is 13.8 Å². The fraction of sp³-hybridized carbons (Fsp3) is 1.00. The molecular formula is C7H18N2O2. The molecule has 0 heterocycles. The van der Waals surface area contributed by atoms with Crippen LogP contribution in [0.2, 0.25) is 0 Å². The van der Waals surface area contributed by atoms with Crippen LogP contribution in [0.3, 0.4) is 0 Å². The molecule has 2 atom stereocenters. The van der Waals surface area contributed by atoms with Crippen molar-refractivity contribution in [2.45, 2.75) is 26.0 Å². The maximum Gasteiger partial charge on any atom is 0.0735 e. The molecule has 0 aliphatic heterocycles. The Balaban J connectivity index is 3.61. The minimum atomic E-state index is 0.0694. The van der Waals surface area contributed by atoms with Gasteiger partial charge in [-0.3, -0.25) is 11.3 Å². The van der Waals surface area contributed by atoms with Crippen LogP contribution in [0, 0.1) is 0 Å². The van der Waals surface area contributed by atoms with Crippen LogP contribution < -0.4 is 11.3 Å². The van der Waals surface area contributed by atoms with Crippen molar-refractivity contribution in [2.75, 3.05) is 20.3 Å². The topological polar surface area (TPSA) is 56.5 Å². The van der Waals surface area contributed by atoms with Gasteiger partial charge in [-0.2, -0.15) is 0 Å². The highest BCUT2D eigenvalue weighted by Crippen LogP contribution is 1.97. The molecule has 0 rings (SSSR count). The highest BCUT2D eigenvalue weighted by molar-refractivity contribution is 4.69. The number of methoxy groups -OCH3 is 1. The molecule has 11 heavy (non-hydrogen) atoms. The van der Waals surface area contributed by atoms with E-state index in [9.17, 15) is 0 Å². The fourth-order valence-electron chi connectivity index (χ4n) is 0.878. The molecule has 3 N–H and O–H groups in total. The van der Waals surface area contributed by atoms with E-state index in [2.05, 4.69) is 5.43 Å². The molecule has 0 aliphatic carbocycles. The van der Waals surface area contributed by atoms with Crippen LogP contribution in [-0.2, 0) is 9.47 Å². The van der Waals surface area contributed by atoms with E-state index in [-0.39, 0.29) is 12.1 Å². The molecule has 0 bridgehead atoms. The summed E-state index contributed by atoms with van der Waals surface area (Å²) in [4.78, 5) is 0. The number of ether oxygens (including phenoxy) is 2. The molecule has 0 aromatic rings. The van der Waals surface area contributed by atoms with Crippen LogP contribution in [0.4, 0.5) is 0 Å². The second-order valence-corrected chi connectivity index (χ2v) is 2.39. The molecule has 0 fully saturated rings. The molecule has 0 aromatic carbocycles. The Labute approximate surface area is 68.0 Å². The number of hydrazine groups is 1. The number of nitrogens with two attached hydrogens (primary N) is 1. The highest BCUT2D eigenvalue weighted by Gasteiger charge is 2.14. The molecule has 4 heteroatoms. The zero-order valence-electron chi connectivity index (χ0n) is 7.46. The Morgan fingerprint density at radius 1 is 1.55 bits per heavy atom. The van der Waals surface area contributed by atoms with Gasteiger partial charge in [-0.1, -0.05) is 0 Å². The van der Waals surface area contributed by atoms with Crippen molar-refractivity contribution in [3.8, 4) is 0 Å². The van der Waals surface area contributed by atoms with Crippen LogP contribution >= 0.6 is 0 Å². The number of rotatable bonds is 6. The van der Waals surface area contributed by atoms with Gasteiger partial charge in [-0.25, -0.2) is 0 Å². The van der Waals surface area contributed by atoms with E-state index in [4.69, 9.17) is 15.3 Å². The first-order valence-corrected chi connectivity index (χ1v) is 3.82. The van der Waals surface area contributed by atoms with Gasteiger partial charge in [-0.15, -0.1) is 0 Å². The summed E-state index contributed by atoms with van der Waals surface area (Å²) in [7, 11) is 1.64. The quantitative estimate of drug-likeness (QED) is 0.422. The molecule has 0 amide bonds. The smallest absolute Gasteiger partial charge is 0.0735 e. The molecular weight excluding hydrogens is 144 g/mol. The van der Waals surface area contributed by atoms with Crippen LogP contribution in [-0.4, -0.2) is 32.5 Å². The second-order valence-electron chi connectivity index (χ2n) is 2.39. The Morgan fingerprint density at radius 3 is 2.55 bits per heavy atom. The minimum absolute atomic E-state index is 0.0694. The lowest BCUT2D eigenvalue weighted by atomic mass is 10.2. The van der Waals surface area contributed by atoms with Gasteiger partial charge in [0.2, 0.25) is 0 Å². The number of hydrogen-bond acceptors (Lipinski definition) is 4. The maximum absolute atomic E-state index is 5.32. The van der Waals surface area contributed by atoms with E-state index in [1.54, 1.807) is 7.11 Å². The normalized spacial score (nSPS) is 16.4. The monoisotopic (exact) mass is 162 g/mol. The van der Waals surface area contributed by atoms with Crippen molar-refractivity contribution in [3.63, 3.8) is 0 Å². The van der Waals surface area contributed by atoms with Crippen molar-refractivity contribution >= 4 is 0 Å². The average Bonchev–Trinajstić information content (AvgIpc) is 2.00. The lowest BCUT2D eigenvalue weighted by Crippen LogP contribution is -2.46. The fourth-order valence-corrected chi connectivity index (χ4v) is 0.878. The lowest BCUT2D eigenvalue weighted by Gasteiger charge is -2.21. The summed E-state index contributed by atoms with van der Waals surface area (Å²) in [5.41, 5.74) is 2.64. The third-order valence-electron chi connectivity index (χ3n) is 1.56. The number of hydrogen-bond donors (Lipinski definition) is 2. The van der Waals surface area contributed by atoms with Gasteiger partial charge >= 0.3 is 0 Å². The van der Waals surface area contributed by atoms with Crippen LogP contribution in [0.15, 0.2) is 0 Å². The van der Waals surface area contributed by atoms with Gasteiger partial charge in [-0.05, 0) is 13.8 Å². The highest BCUT2D eigenvalue weighted by atomic mass is 16.5. The summed E-state index contributed by atoms with van der Waals surface area (Å²) >= 11 is 0. The molecule has 0 aromatic heterocycles. The molecule has 0 saturated heterocycles. The minimum Gasteiger partial charge on any atom is -0.383 e. The second kappa shape index (κ2) is 6.54. The van der Waals surface area contributed by atoms with Gasteiger partial charge in [0.25, 0.3) is 0 Å². The summed E-state index contributed by atoms with van der Waals surface area (Å²) in [5, 5.41) is 0. The zero-order chi connectivity index (χ0) is 8.69. The molecule has 68 valence electrons. The molecule has 0 radical (unpaired) electrons. The third-order valence-corrected chi connectivity index (χ3v) is 1.56. The van der Waals surface area contributed by atoms with E-state index in [0.717, 1.165) is 0 Å². The van der Waals surface area contributed by atoms with E-state index in [1.807, 2.05) is 13.8 Å². The van der Waals surface area contributed by atoms with Gasteiger partial charge < -0.3 is 9.47 Å². The molecule has 2 unspecified atom stereocenters. The lowest BCUT2D eigenvalue weighted by molar-refractivity contribution is 0.0208. The Kier molecular flexibility index (Phi) is 6.45. The summed E-state index contributed by atoms with van der Waals surface area (Å²) in [6.45, 7) is 5.19. The first kappa shape index (κ1) is 10.8. The summed E-state index contributed by atoms with van der Waals surface area (Å²) in [5.74, 6) is 5.28. The van der Waals surface area contributed by atoms with Crippen molar-refractivity contribution < 1.29 is 9.47 Å². The van der Waals surface area contributed by atoms with Crippen molar-refractivity contribution in [1.29, 1.82) is 0 Å². The maximum atomic E-state index is 5.32. The molecule has 0 aliphatic rings. The zero-order valence-corrected chi connectivity index (χ0v) is 7.46. The Bertz CT molecular complexity index is 90.5. The largest absolute Gasteiger partial charge is 0.383 e. The standard InChI is InChI=1S/C7H18N2O2/c1-4-11-6(2)7(9-8)5-10-3/h6-7,9H,4-5,8H2,1-3H3. The van der Waals surface area contributed by atoms with Gasteiger partial charge in [0.15, 0.2) is 0 Å². The van der Waals surface area contributed by atoms with E-state index in [1.165, 1.54) is 0 Å². The van der Waals surface area contributed by atoms with Crippen LogP contribution in [0.25, 0.3) is 0 Å². The number of nitrogens with one attached hydrogen (secondary N) is 1. The summed E-state index contributed by atoms with van der Waals surface area (Å²) in [6, 6.07) is 0.0694. The Hall–Kier alpha value is -0.160. The summed E-state index contributed by atoms with van der Waals surface area (Å²) < 4.78 is 10.3. The van der Waals surface area contributed by atoms with Crippen molar-refractivity contribution in [1.82, 2.24) is 5.43 Å².